The second-order valence-electron chi connectivity index (χ2n) is 6.83. The maximum Gasteiger partial charge on any atom is 0.253 e. The molecule has 0 unspecified atom stereocenters. The van der Waals surface area contributed by atoms with Gasteiger partial charge in [0.1, 0.15) is 5.82 Å². The number of hydrogen-bond donors (Lipinski definition) is 0. The lowest BCUT2D eigenvalue weighted by Gasteiger charge is -2.32. The minimum Gasteiger partial charge on any atom is -0.339 e. The SMILES string of the molecule is Cc1cccc(C(=O)N2CCC(c3nccn3Cc3cscn3)CC2)c1. The number of piperidine rings is 1. The highest BCUT2D eigenvalue weighted by Crippen LogP contribution is 2.28. The lowest BCUT2D eigenvalue weighted by Crippen LogP contribution is -2.38. The van der Waals surface area contributed by atoms with Crippen molar-refractivity contribution in [1.29, 1.82) is 0 Å². The van der Waals surface area contributed by atoms with Gasteiger partial charge in [0.15, 0.2) is 0 Å². The van der Waals surface area contributed by atoms with Gasteiger partial charge in [0.25, 0.3) is 5.91 Å². The Hall–Kier alpha value is -2.47. The number of imidazole rings is 1. The summed E-state index contributed by atoms with van der Waals surface area (Å²) in [5.41, 5.74) is 4.84. The van der Waals surface area contributed by atoms with Crippen molar-refractivity contribution in [3.63, 3.8) is 0 Å². The third-order valence-electron chi connectivity index (χ3n) is 4.98. The summed E-state index contributed by atoms with van der Waals surface area (Å²) in [7, 11) is 0. The van der Waals surface area contributed by atoms with Gasteiger partial charge in [0, 0.05) is 42.3 Å². The van der Waals surface area contributed by atoms with E-state index < -0.39 is 0 Å². The predicted octanol–water partition coefficient (Wildman–Crippen LogP) is 3.72. The average molecular weight is 366 g/mol. The van der Waals surface area contributed by atoms with Crippen LogP contribution in [0, 0.1) is 6.92 Å². The van der Waals surface area contributed by atoms with E-state index in [2.05, 4.69) is 19.9 Å². The highest BCUT2D eigenvalue weighted by molar-refractivity contribution is 7.07. The molecule has 6 heteroatoms. The van der Waals surface area contributed by atoms with E-state index in [9.17, 15) is 4.79 Å². The number of rotatable bonds is 4. The van der Waals surface area contributed by atoms with Crippen molar-refractivity contribution in [3.05, 3.63) is 70.2 Å². The van der Waals surface area contributed by atoms with E-state index in [0.29, 0.717) is 5.92 Å². The second-order valence-corrected chi connectivity index (χ2v) is 7.55. The monoisotopic (exact) mass is 366 g/mol. The fourth-order valence-electron chi connectivity index (χ4n) is 3.61. The molecule has 4 rings (SSSR count). The lowest BCUT2D eigenvalue weighted by atomic mass is 9.95. The molecule has 0 atom stereocenters. The van der Waals surface area contributed by atoms with Crippen LogP contribution in [0.5, 0.6) is 0 Å². The van der Waals surface area contributed by atoms with Crippen LogP contribution in [-0.2, 0) is 6.54 Å². The van der Waals surface area contributed by atoms with Crippen molar-refractivity contribution in [2.45, 2.75) is 32.2 Å². The normalized spacial score (nSPS) is 15.3. The number of aryl methyl sites for hydroxylation is 1. The highest BCUT2D eigenvalue weighted by Gasteiger charge is 2.27. The summed E-state index contributed by atoms with van der Waals surface area (Å²) in [6, 6.07) is 7.84. The first kappa shape index (κ1) is 17.0. The summed E-state index contributed by atoms with van der Waals surface area (Å²) in [4.78, 5) is 23.7. The quantitative estimate of drug-likeness (QED) is 0.707. The summed E-state index contributed by atoms with van der Waals surface area (Å²) in [5.74, 6) is 1.64. The Morgan fingerprint density at radius 3 is 2.85 bits per heavy atom. The first-order valence-electron chi connectivity index (χ1n) is 8.95. The van der Waals surface area contributed by atoms with E-state index in [1.165, 1.54) is 0 Å². The zero-order chi connectivity index (χ0) is 17.9. The number of aromatic nitrogens is 3. The number of likely N-dealkylation sites (tertiary alicyclic amines) is 1. The zero-order valence-electron chi connectivity index (χ0n) is 14.8. The Bertz CT molecular complexity index is 879. The van der Waals surface area contributed by atoms with Crippen LogP contribution >= 0.6 is 11.3 Å². The van der Waals surface area contributed by atoms with Gasteiger partial charge >= 0.3 is 0 Å². The molecule has 2 aromatic heterocycles. The molecule has 0 aliphatic carbocycles. The van der Waals surface area contributed by atoms with E-state index in [1.54, 1.807) is 11.3 Å². The number of nitrogens with zero attached hydrogens (tertiary/aromatic N) is 4. The van der Waals surface area contributed by atoms with Gasteiger partial charge in [-0.15, -0.1) is 11.3 Å². The van der Waals surface area contributed by atoms with E-state index in [4.69, 9.17) is 0 Å². The molecule has 1 amide bonds. The molecule has 0 radical (unpaired) electrons. The molecule has 26 heavy (non-hydrogen) atoms. The summed E-state index contributed by atoms with van der Waals surface area (Å²) < 4.78 is 2.19. The fourth-order valence-corrected chi connectivity index (χ4v) is 4.16. The van der Waals surface area contributed by atoms with E-state index in [0.717, 1.165) is 55.1 Å². The topological polar surface area (TPSA) is 51.0 Å². The number of carbonyl (C=O) groups excluding carboxylic acids is 1. The molecule has 1 aliphatic rings. The molecule has 1 aliphatic heterocycles. The molecular formula is C20H22N4OS. The van der Waals surface area contributed by atoms with E-state index in [-0.39, 0.29) is 5.91 Å². The molecule has 134 valence electrons. The fraction of sp³-hybridized carbons (Fsp3) is 0.350. The van der Waals surface area contributed by atoms with Gasteiger partial charge in [0.05, 0.1) is 17.7 Å². The van der Waals surface area contributed by atoms with Crippen molar-refractivity contribution < 1.29 is 4.79 Å². The summed E-state index contributed by atoms with van der Waals surface area (Å²) in [5, 5.41) is 2.08. The molecule has 0 N–H and O–H groups in total. The first-order valence-corrected chi connectivity index (χ1v) is 9.89. The molecule has 0 spiro atoms. The van der Waals surface area contributed by atoms with Crippen LogP contribution in [0.4, 0.5) is 0 Å². The third-order valence-corrected chi connectivity index (χ3v) is 5.61. The Labute approximate surface area is 157 Å². The Morgan fingerprint density at radius 2 is 2.12 bits per heavy atom. The zero-order valence-corrected chi connectivity index (χ0v) is 15.7. The Kier molecular flexibility index (Phi) is 4.84. The molecule has 3 heterocycles. The molecule has 3 aromatic rings. The van der Waals surface area contributed by atoms with E-state index >= 15 is 0 Å². The van der Waals surface area contributed by atoms with Crippen LogP contribution in [0.1, 0.15) is 46.2 Å². The van der Waals surface area contributed by atoms with Gasteiger partial charge in [-0.3, -0.25) is 4.79 Å². The predicted molar refractivity (Wildman–Crippen MR) is 103 cm³/mol. The lowest BCUT2D eigenvalue weighted by molar-refractivity contribution is 0.0710. The Balaban J connectivity index is 1.41. The van der Waals surface area contributed by atoms with Crippen LogP contribution < -0.4 is 0 Å². The second kappa shape index (κ2) is 7.41. The maximum absolute atomic E-state index is 12.7. The van der Waals surface area contributed by atoms with Crippen molar-refractivity contribution in [3.8, 4) is 0 Å². The molecule has 5 nitrogen and oxygen atoms in total. The number of carbonyl (C=O) groups is 1. The van der Waals surface area contributed by atoms with Crippen LogP contribution in [0.25, 0.3) is 0 Å². The largest absolute Gasteiger partial charge is 0.339 e. The maximum atomic E-state index is 12.7. The van der Waals surface area contributed by atoms with Crippen molar-refractivity contribution >= 4 is 17.2 Å². The van der Waals surface area contributed by atoms with Gasteiger partial charge in [-0.1, -0.05) is 17.7 Å². The van der Waals surface area contributed by atoms with Crippen molar-refractivity contribution in [1.82, 2.24) is 19.4 Å². The van der Waals surface area contributed by atoms with Crippen LogP contribution in [0.15, 0.2) is 47.5 Å². The molecule has 0 bridgehead atoms. The number of amides is 1. The van der Waals surface area contributed by atoms with E-state index in [1.807, 2.05) is 54.0 Å². The molecular weight excluding hydrogens is 344 g/mol. The molecule has 1 aromatic carbocycles. The Morgan fingerprint density at radius 1 is 1.27 bits per heavy atom. The van der Waals surface area contributed by atoms with Gasteiger partial charge in [-0.2, -0.15) is 0 Å². The average Bonchev–Trinajstić information content (AvgIpc) is 3.34. The number of hydrogen-bond acceptors (Lipinski definition) is 4. The van der Waals surface area contributed by atoms with Gasteiger partial charge in [-0.05, 0) is 31.9 Å². The summed E-state index contributed by atoms with van der Waals surface area (Å²) in [6.45, 7) is 4.34. The number of thiazole rings is 1. The third kappa shape index (κ3) is 3.55. The summed E-state index contributed by atoms with van der Waals surface area (Å²) in [6.07, 6.45) is 5.79. The van der Waals surface area contributed by atoms with Crippen LogP contribution in [0.2, 0.25) is 0 Å². The molecule has 1 fully saturated rings. The van der Waals surface area contributed by atoms with Gasteiger partial charge < -0.3 is 9.47 Å². The minimum atomic E-state index is 0.137. The van der Waals surface area contributed by atoms with Crippen molar-refractivity contribution in [2.75, 3.05) is 13.1 Å². The standard InChI is InChI=1S/C20H22N4OS/c1-15-3-2-4-17(11-15)20(25)23-8-5-16(6-9-23)19-21-7-10-24(19)12-18-13-26-14-22-18/h2-4,7,10-11,13-14,16H,5-6,8-9,12H2,1H3. The summed E-state index contributed by atoms with van der Waals surface area (Å²) >= 11 is 1.62. The molecule has 0 saturated carbocycles. The van der Waals surface area contributed by atoms with Crippen LogP contribution in [-0.4, -0.2) is 38.4 Å². The van der Waals surface area contributed by atoms with Crippen molar-refractivity contribution in [2.24, 2.45) is 0 Å². The van der Waals surface area contributed by atoms with Gasteiger partial charge in [-0.25, -0.2) is 9.97 Å². The smallest absolute Gasteiger partial charge is 0.253 e. The molecule has 1 saturated heterocycles. The van der Waals surface area contributed by atoms with Crippen LogP contribution in [0.3, 0.4) is 0 Å². The van der Waals surface area contributed by atoms with Gasteiger partial charge in [0.2, 0.25) is 0 Å². The number of benzene rings is 1. The highest BCUT2D eigenvalue weighted by atomic mass is 32.1. The minimum absolute atomic E-state index is 0.137. The first-order chi connectivity index (χ1) is 12.7.